The number of urea groups is 1. The fraction of sp³-hybridized carbons (Fsp3) is 0.818. The van der Waals surface area contributed by atoms with Crippen molar-refractivity contribution in [3.8, 4) is 0 Å². The molecule has 1 fully saturated rings. The lowest BCUT2D eigenvalue weighted by Crippen LogP contribution is -2.53. The molecule has 0 bridgehead atoms. The third-order valence-electron chi connectivity index (χ3n) is 2.71. The number of carbonyl (C=O) groups excluding carboxylic acids is 1. The summed E-state index contributed by atoms with van der Waals surface area (Å²) in [7, 11) is 0. The van der Waals surface area contributed by atoms with E-state index in [0.29, 0.717) is 32.7 Å². The van der Waals surface area contributed by atoms with Gasteiger partial charge in [0.15, 0.2) is 0 Å². The van der Waals surface area contributed by atoms with Crippen LogP contribution in [0.3, 0.4) is 0 Å². The summed E-state index contributed by atoms with van der Waals surface area (Å²) in [5, 5.41) is 11.5. The van der Waals surface area contributed by atoms with Gasteiger partial charge in [0.05, 0.1) is 13.2 Å². The van der Waals surface area contributed by atoms with Gasteiger partial charge in [-0.3, -0.25) is 4.79 Å². The lowest BCUT2D eigenvalue weighted by atomic mass is 9.99. The maximum Gasteiger partial charge on any atom is 0.317 e. The number of hydrogen-bond acceptors (Lipinski definition) is 3. The Morgan fingerprint density at radius 2 is 1.94 bits per heavy atom. The molecule has 1 rings (SSSR count). The molecule has 0 unspecified atom stereocenters. The Kier molecular flexibility index (Phi) is 4.74. The maximum absolute atomic E-state index is 11.9. The Morgan fingerprint density at radius 1 is 1.35 bits per heavy atom. The number of hydrogen-bond donors (Lipinski definition) is 2. The van der Waals surface area contributed by atoms with E-state index in [0.717, 1.165) is 0 Å². The molecular formula is C11H20N2O4. The SMILES string of the molecule is CC(C)(CCC(=O)O)NC(=O)N1CCOCC1. The first kappa shape index (κ1) is 13.8. The highest BCUT2D eigenvalue weighted by atomic mass is 16.5. The van der Waals surface area contributed by atoms with E-state index in [4.69, 9.17) is 9.84 Å². The first-order valence-corrected chi connectivity index (χ1v) is 5.77. The minimum atomic E-state index is -0.848. The van der Waals surface area contributed by atoms with Crippen LogP contribution in [0.5, 0.6) is 0 Å². The molecule has 98 valence electrons. The standard InChI is InChI=1S/C11H20N2O4/c1-11(2,4-3-9(14)15)12-10(16)13-5-7-17-8-6-13/h3-8H2,1-2H3,(H,12,16)(H,14,15). The quantitative estimate of drug-likeness (QED) is 0.762. The number of amides is 2. The third-order valence-corrected chi connectivity index (χ3v) is 2.71. The van der Waals surface area contributed by atoms with Gasteiger partial charge in [-0.15, -0.1) is 0 Å². The van der Waals surface area contributed by atoms with Gasteiger partial charge in [-0.25, -0.2) is 4.79 Å². The van der Waals surface area contributed by atoms with Crippen molar-refractivity contribution in [1.29, 1.82) is 0 Å². The number of carbonyl (C=O) groups is 2. The smallest absolute Gasteiger partial charge is 0.317 e. The first-order valence-electron chi connectivity index (χ1n) is 5.77. The summed E-state index contributed by atoms with van der Waals surface area (Å²) in [6, 6.07) is -0.149. The van der Waals surface area contributed by atoms with Gasteiger partial charge in [-0.05, 0) is 20.3 Å². The maximum atomic E-state index is 11.9. The molecule has 1 saturated heterocycles. The van der Waals surface area contributed by atoms with Crippen LogP contribution in [0.4, 0.5) is 4.79 Å². The highest BCUT2D eigenvalue weighted by Crippen LogP contribution is 2.12. The molecule has 6 heteroatoms. The molecule has 1 heterocycles. The van der Waals surface area contributed by atoms with Crippen molar-refractivity contribution in [2.24, 2.45) is 0 Å². The summed E-state index contributed by atoms with van der Waals surface area (Å²) in [6.45, 7) is 5.94. The minimum absolute atomic E-state index is 0.0520. The van der Waals surface area contributed by atoms with Gasteiger partial charge in [-0.2, -0.15) is 0 Å². The van der Waals surface area contributed by atoms with Crippen molar-refractivity contribution in [2.75, 3.05) is 26.3 Å². The molecule has 0 saturated carbocycles. The molecule has 1 aliphatic heterocycles. The summed E-state index contributed by atoms with van der Waals surface area (Å²) in [5.74, 6) is -0.848. The van der Waals surface area contributed by atoms with E-state index in [9.17, 15) is 9.59 Å². The van der Waals surface area contributed by atoms with Crippen LogP contribution >= 0.6 is 0 Å². The van der Waals surface area contributed by atoms with Crippen LogP contribution in [0, 0.1) is 0 Å². The van der Waals surface area contributed by atoms with Gasteiger partial charge in [0.25, 0.3) is 0 Å². The van der Waals surface area contributed by atoms with Crippen LogP contribution in [0.2, 0.25) is 0 Å². The number of rotatable bonds is 4. The molecule has 2 N–H and O–H groups in total. The van der Waals surface area contributed by atoms with E-state index < -0.39 is 11.5 Å². The molecular weight excluding hydrogens is 224 g/mol. The summed E-state index contributed by atoms with van der Waals surface area (Å²) in [5.41, 5.74) is -0.506. The number of carboxylic acid groups (broad SMARTS) is 1. The van der Waals surface area contributed by atoms with E-state index in [2.05, 4.69) is 5.32 Å². The Morgan fingerprint density at radius 3 is 2.47 bits per heavy atom. The molecule has 0 aromatic carbocycles. The molecule has 6 nitrogen and oxygen atoms in total. The van der Waals surface area contributed by atoms with E-state index >= 15 is 0 Å². The number of morpholine rings is 1. The fourth-order valence-electron chi connectivity index (χ4n) is 1.62. The van der Waals surface area contributed by atoms with Crippen LogP contribution in [-0.4, -0.2) is 53.8 Å². The van der Waals surface area contributed by atoms with Crippen LogP contribution in [0.1, 0.15) is 26.7 Å². The van der Waals surface area contributed by atoms with Gasteiger partial charge in [0.2, 0.25) is 0 Å². The van der Waals surface area contributed by atoms with Gasteiger partial charge in [0.1, 0.15) is 0 Å². The predicted molar refractivity (Wildman–Crippen MR) is 61.9 cm³/mol. The van der Waals surface area contributed by atoms with Crippen LogP contribution in [0.15, 0.2) is 0 Å². The van der Waals surface area contributed by atoms with Crippen molar-refractivity contribution in [3.05, 3.63) is 0 Å². The summed E-state index contributed by atoms with van der Waals surface area (Å²) >= 11 is 0. The minimum Gasteiger partial charge on any atom is -0.481 e. The molecule has 0 aliphatic carbocycles. The van der Waals surface area contributed by atoms with Gasteiger partial charge >= 0.3 is 12.0 Å². The average molecular weight is 244 g/mol. The Labute approximate surface area is 101 Å². The normalized spacial score (nSPS) is 16.7. The zero-order chi connectivity index (χ0) is 12.9. The molecule has 0 aromatic heterocycles. The van der Waals surface area contributed by atoms with Crippen LogP contribution in [0.25, 0.3) is 0 Å². The second-order valence-electron chi connectivity index (χ2n) is 4.81. The predicted octanol–water partition coefficient (Wildman–Crippen LogP) is 0.672. The summed E-state index contributed by atoms with van der Waals surface area (Å²) in [4.78, 5) is 24.1. The van der Waals surface area contributed by atoms with E-state index in [1.54, 1.807) is 4.90 Å². The fourth-order valence-corrected chi connectivity index (χ4v) is 1.62. The van der Waals surface area contributed by atoms with Crippen molar-refractivity contribution in [2.45, 2.75) is 32.2 Å². The zero-order valence-electron chi connectivity index (χ0n) is 10.4. The monoisotopic (exact) mass is 244 g/mol. The van der Waals surface area contributed by atoms with Gasteiger partial charge in [-0.1, -0.05) is 0 Å². The molecule has 2 amide bonds. The molecule has 0 radical (unpaired) electrons. The highest BCUT2D eigenvalue weighted by molar-refractivity contribution is 5.75. The average Bonchev–Trinajstić information content (AvgIpc) is 2.27. The largest absolute Gasteiger partial charge is 0.481 e. The number of ether oxygens (including phenoxy) is 1. The number of carboxylic acids is 1. The van der Waals surface area contributed by atoms with Crippen molar-refractivity contribution in [3.63, 3.8) is 0 Å². The number of nitrogens with zero attached hydrogens (tertiary/aromatic N) is 1. The third kappa shape index (κ3) is 5.04. The number of aliphatic carboxylic acids is 1. The highest BCUT2D eigenvalue weighted by Gasteiger charge is 2.25. The molecule has 17 heavy (non-hydrogen) atoms. The molecule has 0 spiro atoms. The number of nitrogens with one attached hydrogen (secondary N) is 1. The van der Waals surface area contributed by atoms with E-state index in [1.807, 2.05) is 13.8 Å². The van der Waals surface area contributed by atoms with E-state index in [-0.39, 0.29) is 12.5 Å². The second kappa shape index (κ2) is 5.86. The lowest BCUT2D eigenvalue weighted by molar-refractivity contribution is -0.137. The molecule has 0 atom stereocenters. The first-order chi connectivity index (χ1) is 7.91. The molecule has 0 aromatic rings. The van der Waals surface area contributed by atoms with Crippen molar-refractivity contribution >= 4 is 12.0 Å². The second-order valence-corrected chi connectivity index (χ2v) is 4.81. The lowest BCUT2D eigenvalue weighted by Gasteiger charge is -2.32. The Bertz CT molecular complexity index is 285. The van der Waals surface area contributed by atoms with Gasteiger partial charge < -0.3 is 20.1 Å². The van der Waals surface area contributed by atoms with Crippen LogP contribution < -0.4 is 5.32 Å². The Balaban J connectivity index is 2.39. The molecule has 1 aliphatic rings. The topological polar surface area (TPSA) is 78.9 Å². The van der Waals surface area contributed by atoms with Crippen molar-refractivity contribution < 1.29 is 19.4 Å². The van der Waals surface area contributed by atoms with E-state index in [1.165, 1.54) is 0 Å². The van der Waals surface area contributed by atoms with Crippen LogP contribution in [-0.2, 0) is 9.53 Å². The van der Waals surface area contributed by atoms with Crippen molar-refractivity contribution in [1.82, 2.24) is 10.2 Å². The zero-order valence-corrected chi connectivity index (χ0v) is 10.4. The Hall–Kier alpha value is -1.30. The van der Waals surface area contributed by atoms with Gasteiger partial charge in [0, 0.05) is 25.0 Å². The summed E-state index contributed by atoms with van der Waals surface area (Å²) in [6.07, 6.45) is 0.467. The summed E-state index contributed by atoms with van der Waals surface area (Å²) < 4.78 is 5.16.